The normalized spacial score (nSPS) is 13.3. The minimum absolute atomic E-state index is 0.0151. The van der Waals surface area contributed by atoms with Crippen molar-refractivity contribution in [3.05, 3.63) is 29.8 Å². The summed E-state index contributed by atoms with van der Waals surface area (Å²) < 4.78 is 66.4. The van der Waals surface area contributed by atoms with E-state index in [1.54, 1.807) is 12.1 Å². The molecule has 0 aliphatic rings. The number of hydrogen-bond donors (Lipinski definition) is 1. The molecule has 0 radical (unpaired) electrons. The molecular weight excluding hydrogens is 331 g/mol. The predicted molar refractivity (Wildman–Crippen MR) is 81.8 cm³/mol. The SMILES string of the molecule is CC(C)(C)c1ccc(S(=O)(=O)NCCCOCC(F)(F)F)cc1. The quantitative estimate of drug-likeness (QED) is 0.766. The molecule has 0 amide bonds. The van der Waals surface area contributed by atoms with Gasteiger partial charge in [0.25, 0.3) is 0 Å². The van der Waals surface area contributed by atoms with Crippen LogP contribution in [0.3, 0.4) is 0 Å². The maximum atomic E-state index is 12.1. The molecule has 8 heteroatoms. The van der Waals surface area contributed by atoms with Gasteiger partial charge in [0.05, 0.1) is 4.90 Å². The fourth-order valence-electron chi connectivity index (χ4n) is 1.79. The van der Waals surface area contributed by atoms with E-state index < -0.39 is 22.8 Å². The molecule has 0 spiro atoms. The Morgan fingerprint density at radius 3 is 2.13 bits per heavy atom. The molecular formula is C15H22F3NO3S. The summed E-state index contributed by atoms with van der Waals surface area (Å²) in [6, 6.07) is 6.54. The van der Waals surface area contributed by atoms with E-state index in [1.165, 1.54) is 12.1 Å². The van der Waals surface area contributed by atoms with Gasteiger partial charge in [-0.2, -0.15) is 13.2 Å². The second kappa shape index (κ2) is 7.63. The highest BCUT2D eigenvalue weighted by atomic mass is 32.2. The van der Waals surface area contributed by atoms with E-state index in [2.05, 4.69) is 9.46 Å². The molecule has 0 heterocycles. The third-order valence-corrected chi connectivity index (χ3v) is 4.53. The molecule has 0 atom stereocenters. The Hall–Kier alpha value is -1.12. The molecule has 1 N–H and O–H groups in total. The van der Waals surface area contributed by atoms with Crippen molar-refractivity contribution in [3.63, 3.8) is 0 Å². The largest absolute Gasteiger partial charge is 0.411 e. The van der Waals surface area contributed by atoms with Gasteiger partial charge < -0.3 is 4.74 Å². The highest BCUT2D eigenvalue weighted by Gasteiger charge is 2.27. The highest BCUT2D eigenvalue weighted by Crippen LogP contribution is 2.23. The number of alkyl halides is 3. The summed E-state index contributed by atoms with van der Waals surface area (Å²) in [5.41, 5.74) is 0.933. The average molecular weight is 353 g/mol. The number of nitrogens with one attached hydrogen (secondary N) is 1. The van der Waals surface area contributed by atoms with Crippen LogP contribution in [0.25, 0.3) is 0 Å². The summed E-state index contributed by atoms with van der Waals surface area (Å²) >= 11 is 0. The molecule has 0 saturated carbocycles. The zero-order valence-corrected chi connectivity index (χ0v) is 14.2. The molecule has 0 aromatic heterocycles. The van der Waals surface area contributed by atoms with Gasteiger partial charge in [0.15, 0.2) is 0 Å². The second-order valence-corrected chi connectivity index (χ2v) is 7.96. The molecule has 4 nitrogen and oxygen atoms in total. The summed E-state index contributed by atoms with van der Waals surface area (Å²) in [6.07, 6.45) is -4.20. The zero-order chi connectivity index (χ0) is 17.7. The van der Waals surface area contributed by atoms with Crippen molar-refractivity contribution in [3.8, 4) is 0 Å². The summed E-state index contributed by atoms with van der Waals surface area (Å²) in [4.78, 5) is 0.127. The van der Waals surface area contributed by atoms with Crippen molar-refractivity contribution in [1.82, 2.24) is 4.72 Å². The molecule has 0 bridgehead atoms. The smallest absolute Gasteiger partial charge is 0.372 e. The lowest BCUT2D eigenvalue weighted by molar-refractivity contribution is -0.173. The third kappa shape index (κ3) is 7.32. The fourth-order valence-corrected chi connectivity index (χ4v) is 2.86. The van der Waals surface area contributed by atoms with Crippen LogP contribution in [0.15, 0.2) is 29.2 Å². The molecule has 0 saturated heterocycles. The van der Waals surface area contributed by atoms with Crippen LogP contribution in [0.2, 0.25) is 0 Å². The number of rotatable bonds is 7. The maximum Gasteiger partial charge on any atom is 0.411 e. The Labute approximate surface area is 135 Å². The van der Waals surface area contributed by atoms with Crippen molar-refractivity contribution in [2.75, 3.05) is 19.8 Å². The lowest BCUT2D eigenvalue weighted by Crippen LogP contribution is -2.26. The Bertz CT molecular complexity index is 590. The summed E-state index contributed by atoms with van der Waals surface area (Å²) in [5, 5.41) is 0. The van der Waals surface area contributed by atoms with Crippen LogP contribution < -0.4 is 4.72 Å². The van der Waals surface area contributed by atoms with Crippen molar-refractivity contribution < 1.29 is 26.3 Å². The highest BCUT2D eigenvalue weighted by molar-refractivity contribution is 7.89. The Balaban J connectivity index is 2.47. The van der Waals surface area contributed by atoms with Gasteiger partial charge in [-0.25, -0.2) is 13.1 Å². The Morgan fingerprint density at radius 1 is 1.09 bits per heavy atom. The van der Waals surface area contributed by atoms with Crippen LogP contribution in [0.5, 0.6) is 0 Å². The van der Waals surface area contributed by atoms with Crippen LogP contribution >= 0.6 is 0 Å². The molecule has 0 aliphatic heterocycles. The molecule has 1 aromatic carbocycles. The van der Waals surface area contributed by atoms with Gasteiger partial charge in [-0.1, -0.05) is 32.9 Å². The first-order valence-corrected chi connectivity index (χ1v) is 8.65. The van der Waals surface area contributed by atoms with E-state index >= 15 is 0 Å². The number of sulfonamides is 1. The molecule has 0 aliphatic carbocycles. The van der Waals surface area contributed by atoms with Crippen molar-refractivity contribution in [1.29, 1.82) is 0 Å². The average Bonchev–Trinajstić information content (AvgIpc) is 2.41. The molecule has 0 fully saturated rings. The maximum absolute atomic E-state index is 12.1. The van der Waals surface area contributed by atoms with Crippen molar-refractivity contribution in [2.24, 2.45) is 0 Å². The fraction of sp³-hybridized carbons (Fsp3) is 0.600. The summed E-state index contributed by atoms with van der Waals surface area (Å²) in [7, 11) is -3.67. The number of ether oxygens (including phenoxy) is 1. The number of halogens is 3. The van der Waals surface area contributed by atoms with E-state index in [0.29, 0.717) is 0 Å². The number of hydrogen-bond acceptors (Lipinski definition) is 3. The van der Waals surface area contributed by atoms with Gasteiger partial charge >= 0.3 is 6.18 Å². The van der Waals surface area contributed by atoms with Crippen LogP contribution in [-0.4, -0.2) is 34.4 Å². The van der Waals surface area contributed by atoms with Gasteiger partial charge in [0, 0.05) is 13.2 Å². The molecule has 23 heavy (non-hydrogen) atoms. The van der Waals surface area contributed by atoms with Gasteiger partial charge in [0.2, 0.25) is 10.0 Å². The Morgan fingerprint density at radius 2 is 1.65 bits per heavy atom. The van der Waals surface area contributed by atoms with E-state index in [1.807, 2.05) is 20.8 Å². The van der Waals surface area contributed by atoms with Crippen LogP contribution in [0.1, 0.15) is 32.8 Å². The van der Waals surface area contributed by atoms with Crippen LogP contribution in [-0.2, 0) is 20.2 Å². The minimum Gasteiger partial charge on any atom is -0.372 e. The monoisotopic (exact) mass is 353 g/mol. The first kappa shape index (κ1) is 19.9. The van der Waals surface area contributed by atoms with Gasteiger partial charge in [-0.05, 0) is 29.5 Å². The second-order valence-electron chi connectivity index (χ2n) is 6.19. The molecule has 0 unspecified atom stereocenters. The lowest BCUT2D eigenvalue weighted by atomic mass is 9.87. The first-order valence-electron chi connectivity index (χ1n) is 7.16. The summed E-state index contributed by atoms with van der Waals surface area (Å²) in [5.74, 6) is 0. The lowest BCUT2D eigenvalue weighted by Gasteiger charge is -2.19. The molecule has 132 valence electrons. The Kier molecular flexibility index (Phi) is 6.61. The topological polar surface area (TPSA) is 55.4 Å². The first-order chi connectivity index (χ1) is 10.4. The van der Waals surface area contributed by atoms with Crippen LogP contribution in [0.4, 0.5) is 13.2 Å². The van der Waals surface area contributed by atoms with Crippen LogP contribution in [0, 0.1) is 0 Å². The van der Waals surface area contributed by atoms with Crippen molar-refractivity contribution in [2.45, 2.75) is 43.7 Å². The molecule has 1 rings (SSSR count). The van der Waals surface area contributed by atoms with Gasteiger partial charge in [-0.3, -0.25) is 0 Å². The van der Waals surface area contributed by atoms with E-state index in [4.69, 9.17) is 0 Å². The van der Waals surface area contributed by atoms with E-state index in [0.717, 1.165) is 5.56 Å². The third-order valence-electron chi connectivity index (χ3n) is 3.05. The number of benzene rings is 1. The van der Waals surface area contributed by atoms with Gasteiger partial charge in [0.1, 0.15) is 6.61 Å². The van der Waals surface area contributed by atoms with E-state index in [-0.39, 0.29) is 29.9 Å². The minimum atomic E-state index is -4.37. The standard InChI is InChI=1S/C15H22F3NO3S/c1-14(2,3)12-5-7-13(8-6-12)23(20,21)19-9-4-10-22-11-15(16,17)18/h5-8,19H,4,9-11H2,1-3H3. The summed E-state index contributed by atoms with van der Waals surface area (Å²) in [6.45, 7) is 4.60. The van der Waals surface area contributed by atoms with Crippen molar-refractivity contribution >= 4 is 10.0 Å². The van der Waals surface area contributed by atoms with E-state index in [9.17, 15) is 21.6 Å². The molecule has 1 aromatic rings. The van der Waals surface area contributed by atoms with Gasteiger partial charge in [-0.15, -0.1) is 0 Å². The zero-order valence-electron chi connectivity index (χ0n) is 13.4. The predicted octanol–water partition coefficient (Wildman–Crippen LogP) is 3.23.